The van der Waals surface area contributed by atoms with Crippen LogP contribution in [-0.2, 0) is 6.42 Å². The highest BCUT2D eigenvalue weighted by atomic mass is 16.5. The first-order chi connectivity index (χ1) is 8.68. The molecule has 2 aliphatic rings. The van der Waals surface area contributed by atoms with E-state index >= 15 is 0 Å². The topological polar surface area (TPSA) is 18.5 Å². The third-order valence-corrected chi connectivity index (χ3v) is 4.80. The predicted molar refractivity (Wildman–Crippen MR) is 71.1 cm³/mol. The first kappa shape index (κ1) is 11.8. The molecule has 2 atom stereocenters. The summed E-state index contributed by atoms with van der Waals surface area (Å²) in [6.07, 6.45) is 3.80. The molecule has 0 bridgehead atoms. The minimum absolute atomic E-state index is 0.661. The largest absolute Gasteiger partial charge is 0.493 e. The fourth-order valence-corrected chi connectivity index (χ4v) is 3.71. The number of rotatable bonds is 2. The minimum atomic E-state index is 0.661. The highest BCUT2D eigenvalue weighted by Crippen LogP contribution is 2.45. The number of hydrogen-bond donors (Lipinski definition) is 0. The molecule has 3 nitrogen and oxygen atoms in total. The molecule has 3 heteroatoms. The van der Waals surface area contributed by atoms with E-state index in [4.69, 9.17) is 9.47 Å². The van der Waals surface area contributed by atoms with Crippen molar-refractivity contribution in [3.05, 3.63) is 23.3 Å². The molecule has 0 spiro atoms. The molecule has 1 aromatic rings. The molecule has 0 saturated carbocycles. The SMILES string of the molecule is COc1cc2c(cc1OC)C1CCC[N+]1(C)CC2. The highest BCUT2D eigenvalue weighted by Gasteiger charge is 2.43. The summed E-state index contributed by atoms with van der Waals surface area (Å²) in [5, 5.41) is 0. The summed E-state index contributed by atoms with van der Waals surface area (Å²) in [5.41, 5.74) is 2.94. The number of nitrogens with zero attached hydrogens (tertiary/aromatic N) is 1. The van der Waals surface area contributed by atoms with E-state index in [1.54, 1.807) is 14.2 Å². The molecular weight excluding hydrogens is 226 g/mol. The smallest absolute Gasteiger partial charge is 0.161 e. The number of hydrogen-bond acceptors (Lipinski definition) is 2. The predicted octanol–water partition coefficient (Wildman–Crippen LogP) is 2.54. The van der Waals surface area contributed by atoms with E-state index < -0.39 is 0 Å². The summed E-state index contributed by atoms with van der Waals surface area (Å²) >= 11 is 0. The number of quaternary nitrogens is 1. The molecule has 0 aromatic heterocycles. The van der Waals surface area contributed by atoms with Crippen molar-refractivity contribution in [3.63, 3.8) is 0 Å². The van der Waals surface area contributed by atoms with Gasteiger partial charge in [0.05, 0.1) is 34.4 Å². The van der Waals surface area contributed by atoms with Gasteiger partial charge in [-0.25, -0.2) is 0 Å². The molecule has 98 valence electrons. The van der Waals surface area contributed by atoms with Gasteiger partial charge in [0.15, 0.2) is 11.5 Å². The highest BCUT2D eigenvalue weighted by molar-refractivity contribution is 5.49. The third-order valence-electron chi connectivity index (χ3n) is 4.80. The van der Waals surface area contributed by atoms with Gasteiger partial charge >= 0.3 is 0 Å². The van der Waals surface area contributed by atoms with E-state index in [1.807, 2.05) is 0 Å². The van der Waals surface area contributed by atoms with Crippen LogP contribution in [0.3, 0.4) is 0 Å². The van der Waals surface area contributed by atoms with Crippen LogP contribution in [0.2, 0.25) is 0 Å². The number of likely N-dealkylation sites (N-methyl/N-ethyl adjacent to an activating group) is 1. The molecular formula is C15H22NO2+. The van der Waals surface area contributed by atoms with Gasteiger partial charge < -0.3 is 14.0 Å². The summed E-state index contributed by atoms with van der Waals surface area (Å²) in [7, 11) is 5.83. The van der Waals surface area contributed by atoms with Gasteiger partial charge in [-0.15, -0.1) is 0 Å². The monoisotopic (exact) mass is 248 g/mol. The van der Waals surface area contributed by atoms with E-state index in [0.29, 0.717) is 6.04 Å². The Morgan fingerprint density at radius 1 is 1.11 bits per heavy atom. The van der Waals surface area contributed by atoms with Gasteiger partial charge in [0.25, 0.3) is 0 Å². The molecule has 2 unspecified atom stereocenters. The first-order valence-electron chi connectivity index (χ1n) is 6.77. The first-order valence-corrected chi connectivity index (χ1v) is 6.77. The fraction of sp³-hybridized carbons (Fsp3) is 0.600. The second kappa shape index (κ2) is 4.16. The summed E-state index contributed by atoms with van der Waals surface area (Å²) in [6.45, 7) is 2.58. The van der Waals surface area contributed by atoms with Crippen LogP contribution in [0.1, 0.15) is 30.0 Å². The summed E-state index contributed by atoms with van der Waals surface area (Å²) in [4.78, 5) is 0. The molecule has 2 aliphatic heterocycles. The second-order valence-electron chi connectivity index (χ2n) is 5.74. The van der Waals surface area contributed by atoms with Crippen LogP contribution < -0.4 is 9.47 Å². The quantitative estimate of drug-likeness (QED) is 0.749. The standard InChI is InChI=1S/C15H22NO2/c1-16-7-4-5-13(16)12-10-15(18-3)14(17-2)9-11(12)6-8-16/h9-10,13H,4-8H2,1-3H3/q+1. The van der Waals surface area contributed by atoms with Crippen LogP contribution in [0.15, 0.2) is 12.1 Å². The van der Waals surface area contributed by atoms with Crippen molar-refractivity contribution in [2.75, 3.05) is 34.4 Å². The van der Waals surface area contributed by atoms with E-state index in [2.05, 4.69) is 19.2 Å². The zero-order valence-electron chi connectivity index (χ0n) is 11.5. The minimum Gasteiger partial charge on any atom is -0.493 e. The molecule has 0 amide bonds. The molecule has 0 radical (unpaired) electrons. The van der Waals surface area contributed by atoms with Crippen molar-refractivity contribution in [3.8, 4) is 11.5 Å². The Labute approximate surface area is 109 Å². The van der Waals surface area contributed by atoms with Gasteiger partial charge in [0, 0.05) is 24.8 Å². The van der Waals surface area contributed by atoms with Crippen molar-refractivity contribution in [2.24, 2.45) is 0 Å². The van der Waals surface area contributed by atoms with E-state index in [-0.39, 0.29) is 0 Å². The van der Waals surface area contributed by atoms with E-state index in [0.717, 1.165) is 17.9 Å². The normalized spacial score (nSPS) is 29.6. The van der Waals surface area contributed by atoms with Crippen molar-refractivity contribution in [1.82, 2.24) is 0 Å². The Morgan fingerprint density at radius 2 is 1.83 bits per heavy atom. The fourth-order valence-electron chi connectivity index (χ4n) is 3.71. The van der Waals surface area contributed by atoms with Crippen LogP contribution >= 0.6 is 0 Å². The van der Waals surface area contributed by atoms with Crippen LogP contribution in [0.25, 0.3) is 0 Å². The summed E-state index contributed by atoms with van der Waals surface area (Å²) in [5.74, 6) is 1.74. The molecule has 0 aliphatic carbocycles. The molecule has 0 N–H and O–H groups in total. The Balaban J connectivity index is 2.09. The number of fused-ring (bicyclic) bond motifs is 3. The van der Waals surface area contributed by atoms with Crippen LogP contribution in [0.4, 0.5) is 0 Å². The lowest BCUT2D eigenvalue weighted by atomic mass is 9.90. The van der Waals surface area contributed by atoms with E-state index in [9.17, 15) is 0 Å². The Morgan fingerprint density at radius 3 is 2.56 bits per heavy atom. The van der Waals surface area contributed by atoms with Crippen LogP contribution in [0.5, 0.6) is 11.5 Å². The van der Waals surface area contributed by atoms with E-state index in [1.165, 1.54) is 41.5 Å². The van der Waals surface area contributed by atoms with Crippen molar-refractivity contribution >= 4 is 0 Å². The van der Waals surface area contributed by atoms with Gasteiger partial charge in [-0.2, -0.15) is 0 Å². The molecule has 1 saturated heterocycles. The molecule has 1 fully saturated rings. The molecule has 1 aromatic carbocycles. The van der Waals surface area contributed by atoms with Crippen molar-refractivity contribution < 1.29 is 14.0 Å². The van der Waals surface area contributed by atoms with Gasteiger partial charge in [-0.05, 0) is 17.7 Å². The Bertz CT molecular complexity index is 472. The third kappa shape index (κ3) is 1.61. The number of benzene rings is 1. The maximum atomic E-state index is 5.45. The average molecular weight is 248 g/mol. The second-order valence-corrected chi connectivity index (χ2v) is 5.74. The summed E-state index contributed by atoms with van der Waals surface area (Å²) < 4.78 is 12.1. The zero-order chi connectivity index (χ0) is 12.8. The van der Waals surface area contributed by atoms with Gasteiger partial charge in [-0.1, -0.05) is 0 Å². The van der Waals surface area contributed by atoms with Gasteiger partial charge in [0.2, 0.25) is 0 Å². The van der Waals surface area contributed by atoms with Crippen LogP contribution in [-0.4, -0.2) is 38.8 Å². The van der Waals surface area contributed by atoms with Crippen molar-refractivity contribution in [2.45, 2.75) is 25.3 Å². The number of ether oxygens (including phenoxy) is 2. The lowest BCUT2D eigenvalue weighted by Gasteiger charge is -2.41. The lowest BCUT2D eigenvalue weighted by Crippen LogP contribution is -2.47. The maximum Gasteiger partial charge on any atom is 0.161 e. The Kier molecular flexibility index (Phi) is 2.74. The molecule has 2 heterocycles. The zero-order valence-corrected chi connectivity index (χ0v) is 11.5. The van der Waals surface area contributed by atoms with Gasteiger partial charge in [0.1, 0.15) is 6.04 Å². The average Bonchev–Trinajstić information content (AvgIpc) is 2.79. The van der Waals surface area contributed by atoms with Crippen molar-refractivity contribution in [1.29, 1.82) is 0 Å². The Hall–Kier alpha value is -1.22. The molecule has 18 heavy (non-hydrogen) atoms. The van der Waals surface area contributed by atoms with Gasteiger partial charge in [-0.3, -0.25) is 0 Å². The number of methoxy groups -OCH3 is 2. The molecule has 3 rings (SSSR count). The summed E-state index contributed by atoms with van der Waals surface area (Å²) in [6, 6.07) is 5.05. The maximum absolute atomic E-state index is 5.45. The lowest BCUT2D eigenvalue weighted by molar-refractivity contribution is -0.928. The van der Waals surface area contributed by atoms with Crippen LogP contribution in [0, 0.1) is 0 Å².